The van der Waals surface area contributed by atoms with E-state index >= 15 is 0 Å². The molecule has 0 saturated heterocycles. The van der Waals surface area contributed by atoms with Crippen LogP contribution in [0.15, 0.2) is 22.8 Å². The number of aliphatic hydroxyl groups excluding tert-OH is 1. The van der Waals surface area contributed by atoms with Crippen LogP contribution in [0.4, 0.5) is 0 Å². The van der Waals surface area contributed by atoms with Crippen molar-refractivity contribution in [3.63, 3.8) is 0 Å². The molecule has 0 amide bonds. The standard InChI is InChI=1S/C23H31NO3.Na/c1-22-9-7-16(25)12-15(22)3-4-17-19-6-5-18(14(13-24)11-21(26)27)23(19,2)10-8-20(17)22;/h3,16-17,19-20,25H,4-12H2,1-2H3,(H,26,27);/q;+1/p-1/t16?,17-,19-,20-,22-,23+;/m0./s1. The number of carboxylic acids is 1. The van der Waals surface area contributed by atoms with Crippen LogP contribution < -0.4 is 34.7 Å². The van der Waals surface area contributed by atoms with Crippen LogP contribution in [0.5, 0.6) is 0 Å². The van der Waals surface area contributed by atoms with Crippen molar-refractivity contribution in [2.75, 3.05) is 0 Å². The minimum atomic E-state index is -1.15. The van der Waals surface area contributed by atoms with Gasteiger partial charge in [-0.3, -0.25) is 0 Å². The summed E-state index contributed by atoms with van der Waals surface area (Å²) in [5.41, 5.74) is 3.17. The number of hydrogen-bond donors (Lipinski definition) is 1. The summed E-state index contributed by atoms with van der Waals surface area (Å²) in [6.07, 6.45) is 9.93. The summed E-state index contributed by atoms with van der Waals surface area (Å²) in [7, 11) is 0. The number of carbonyl (C=O) groups is 1. The van der Waals surface area contributed by atoms with Crippen molar-refractivity contribution in [1.29, 1.82) is 5.26 Å². The van der Waals surface area contributed by atoms with Crippen LogP contribution in [0.1, 0.15) is 71.6 Å². The Morgan fingerprint density at radius 3 is 2.61 bits per heavy atom. The first-order chi connectivity index (χ1) is 12.8. The zero-order chi connectivity index (χ0) is 19.4. The molecule has 0 spiro atoms. The number of aliphatic hydroxyl groups is 1. The maximum Gasteiger partial charge on any atom is 1.00 e. The zero-order valence-corrected chi connectivity index (χ0v) is 19.5. The first-order valence-electron chi connectivity index (χ1n) is 10.5. The number of fused-ring (bicyclic) bond motifs is 5. The molecule has 1 N–H and O–H groups in total. The third-order valence-corrected chi connectivity index (χ3v) is 8.68. The molecule has 5 heteroatoms. The summed E-state index contributed by atoms with van der Waals surface area (Å²) in [5.74, 6) is 0.623. The first kappa shape index (κ1) is 22.1. The van der Waals surface area contributed by atoms with E-state index in [4.69, 9.17) is 0 Å². The molecule has 1 unspecified atom stereocenters. The number of aliphatic carboxylic acids is 1. The fourth-order valence-electron chi connectivity index (χ4n) is 7.31. The van der Waals surface area contributed by atoms with Gasteiger partial charge in [-0.15, -0.1) is 0 Å². The second kappa shape index (κ2) is 7.91. The average Bonchev–Trinajstić information content (AvgIpc) is 2.97. The molecule has 4 rings (SSSR count). The summed E-state index contributed by atoms with van der Waals surface area (Å²) < 4.78 is 0. The van der Waals surface area contributed by atoms with E-state index in [0.29, 0.717) is 23.3 Å². The van der Waals surface area contributed by atoms with E-state index in [1.807, 2.05) is 0 Å². The van der Waals surface area contributed by atoms with E-state index in [9.17, 15) is 20.3 Å². The van der Waals surface area contributed by atoms with Crippen LogP contribution in [-0.2, 0) is 4.79 Å². The molecule has 0 radical (unpaired) electrons. The van der Waals surface area contributed by atoms with E-state index in [0.717, 1.165) is 56.9 Å². The van der Waals surface area contributed by atoms with Crippen LogP contribution in [0.3, 0.4) is 0 Å². The zero-order valence-electron chi connectivity index (χ0n) is 17.5. The van der Waals surface area contributed by atoms with E-state index in [-0.39, 0.29) is 52.9 Å². The Balaban J connectivity index is 0.00000225. The molecule has 0 heterocycles. The van der Waals surface area contributed by atoms with Crippen molar-refractivity contribution >= 4 is 5.97 Å². The number of nitrogens with zero attached hydrogens (tertiary/aromatic N) is 1. The van der Waals surface area contributed by atoms with E-state index in [1.54, 1.807) is 0 Å². The Kier molecular flexibility index (Phi) is 6.24. The van der Waals surface area contributed by atoms with Crippen LogP contribution in [0, 0.1) is 39.9 Å². The van der Waals surface area contributed by atoms with Gasteiger partial charge in [0.1, 0.15) is 0 Å². The fourth-order valence-corrected chi connectivity index (χ4v) is 7.31. The molecule has 0 bridgehead atoms. The molecular weight excluding hydrogens is 361 g/mol. The third-order valence-electron chi connectivity index (χ3n) is 8.68. The molecule has 0 aromatic heterocycles. The average molecular weight is 391 g/mol. The van der Waals surface area contributed by atoms with Crippen LogP contribution in [0.25, 0.3) is 0 Å². The van der Waals surface area contributed by atoms with Crippen molar-refractivity contribution in [1.82, 2.24) is 0 Å². The van der Waals surface area contributed by atoms with Gasteiger partial charge in [0.2, 0.25) is 0 Å². The minimum Gasteiger partial charge on any atom is -0.550 e. The number of rotatable bonds is 2. The van der Waals surface area contributed by atoms with Gasteiger partial charge in [0.05, 0.1) is 12.2 Å². The normalized spacial score (nSPS) is 43.4. The van der Waals surface area contributed by atoms with Gasteiger partial charge in [0.15, 0.2) is 0 Å². The monoisotopic (exact) mass is 391 g/mol. The van der Waals surface area contributed by atoms with E-state index in [1.165, 1.54) is 5.57 Å². The van der Waals surface area contributed by atoms with Crippen LogP contribution in [0.2, 0.25) is 0 Å². The maximum absolute atomic E-state index is 11.1. The van der Waals surface area contributed by atoms with Crippen molar-refractivity contribution in [2.24, 2.45) is 28.6 Å². The van der Waals surface area contributed by atoms with Crippen molar-refractivity contribution in [2.45, 2.75) is 77.7 Å². The molecule has 4 aliphatic rings. The Hall–Kier alpha value is -0.600. The molecule has 28 heavy (non-hydrogen) atoms. The first-order valence-corrected chi connectivity index (χ1v) is 10.5. The summed E-state index contributed by atoms with van der Waals surface area (Å²) in [4.78, 5) is 11.1. The Morgan fingerprint density at radius 1 is 1.25 bits per heavy atom. The molecule has 4 aliphatic carbocycles. The number of hydrogen-bond acceptors (Lipinski definition) is 4. The molecule has 3 saturated carbocycles. The number of carbonyl (C=O) groups excluding carboxylic acids is 1. The Morgan fingerprint density at radius 2 is 1.93 bits per heavy atom. The summed E-state index contributed by atoms with van der Waals surface area (Å²) in [5, 5.41) is 30.8. The summed E-state index contributed by atoms with van der Waals surface area (Å²) in [6, 6.07) is 2.18. The largest absolute Gasteiger partial charge is 1.00 e. The van der Waals surface area contributed by atoms with Gasteiger partial charge >= 0.3 is 29.6 Å². The van der Waals surface area contributed by atoms with E-state index < -0.39 is 5.97 Å². The van der Waals surface area contributed by atoms with Gasteiger partial charge in [0, 0.05) is 18.0 Å². The van der Waals surface area contributed by atoms with Gasteiger partial charge in [-0.05, 0) is 85.5 Å². The second-order valence-electron chi connectivity index (χ2n) is 9.77. The summed E-state index contributed by atoms with van der Waals surface area (Å²) in [6.45, 7) is 4.68. The van der Waals surface area contributed by atoms with Gasteiger partial charge in [-0.1, -0.05) is 25.5 Å². The van der Waals surface area contributed by atoms with Gasteiger partial charge in [0.25, 0.3) is 0 Å². The molecule has 0 aromatic rings. The second-order valence-corrected chi connectivity index (χ2v) is 9.77. The Labute approximate surface area is 190 Å². The molecule has 146 valence electrons. The van der Waals surface area contributed by atoms with Crippen LogP contribution >= 0.6 is 0 Å². The number of nitriles is 1. The molecular formula is C23H30NNaO3. The minimum absolute atomic E-state index is 0. The maximum atomic E-state index is 11.1. The number of allylic oxidation sites excluding steroid dienone is 2. The predicted octanol–water partition coefficient (Wildman–Crippen LogP) is 0.274. The molecule has 4 nitrogen and oxygen atoms in total. The van der Waals surface area contributed by atoms with Crippen molar-refractivity contribution < 1.29 is 44.6 Å². The van der Waals surface area contributed by atoms with Crippen LogP contribution in [-0.4, -0.2) is 17.2 Å². The smallest absolute Gasteiger partial charge is 0.550 e. The molecule has 0 aliphatic heterocycles. The number of carboxylic acid groups (broad SMARTS) is 1. The quantitative estimate of drug-likeness (QED) is 0.416. The van der Waals surface area contributed by atoms with Gasteiger partial charge in [-0.25, -0.2) is 0 Å². The van der Waals surface area contributed by atoms with E-state index in [2.05, 4.69) is 26.0 Å². The topological polar surface area (TPSA) is 84.1 Å². The summed E-state index contributed by atoms with van der Waals surface area (Å²) >= 11 is 0. The molecule has 3 fully saturated rings. The molecule has 0 aromatic carbocycles. The third kappa shape index (κ3) is 3.33. The Bertz CT molecular complexity index is 766. The van der Waals surface area contributed by atoms with Crippen molar-refractivity contribution in [3.05, 3.63) is 22.8 Å². The van der Waals surface area contributed by atoms with Gasteiger partial charge < -0.3 is 15.0 Å². The SMILES string of the molecule is C[C@]12CCC(O)CC1=CC[C@@H]1[C@@H]2CC[C@]2(C)C(=C(C#N)CC(=O)[O-])CC[C@@H]12.[Na+]. The predicted molar refractivity (Wildman–Crippen MR) is 100.0 cm³/mol. The fraction of sp³-hybridized carbons (Fsp3) is 0.739. The van der Waals surface area contributed by atoms with Crippen molar-refractivity contribution in [3.8, 4) is 6.07 Å². The van der Waals surface area contributed by atoms with Gasteiger partial charge in [-0.2, -0.15) is 5.26 Å². The molecule has 6 atom stereocenters.